The molecule has 0 saturated heterocycles. The highest BCUT2D eigenvalue weighted by atomic mass is 35.5. The summed E-state index contributed by atoms with van der Waals surface area (Å²) in [6.45, 7) is 2.09. The van der Waals surface area contributed by atoms with Gasteiger partial charge in [-0.1, -0.05) is 41.9 Å². The number of amides is 1. The molecule has 0 aromatic heterocycles. The second-order valence-corrected chi connectivity index (χ2v) is 5.13. The maximum absolute atomic E-state index is 12.0. The van der Waals surface area contributed by atoms with E-state index in [2.05, 4.69) is 5.32 Å². The van der Waals surface area contributed by atoms with Gasteiger partial charge >= 0.3 is 0 Å². The first-order valence-corrected chi connectivity index (χ1v) is 7.16. The molecule has 2 aromatic rings. The molecule has 112 valence electrons. The molecule has 0 bridgehead atoms. The van der Waals surface area contributed by atoms with E-state index in [1.54, 1.807) is 19.1 Å². The van der Waals surface area contributed by atoms with E-state index in [-0.39, 0.29) is 5.91 Å². The number of carbonyl (C=O) groups excluding carboxylic acids is 1. The Labute approximate surface area is 134 Å². The van der Waals surface area contributed by atoms with E-state index in [0.29, 0.717) is 22.9 Å². The molecule has 0 unspecified atom stereocenters. The van der Waals surface area contributed by atoms with Crippen molar-refractivity contribution in [2.24, 2.45) is 0 Å². The number of carbonyl (C=O) groups is 1. The number of benzene rings is 2. The average molecular weight is 315 g/mol. The van der Waals surface area contributed by atoms with Crippen LogP contribution in [-0.2, 0) is 11.3 Å². The van der Waals surface area contributed by atoms with Crippen molar-refractivity contribution in [1.82, 2.24) is 5.32 Å². The number of nitrogens with zero attached hydrogens (tertiary/aromatic N) is 1. The van der Waals surface area contributed by atoms with E-state index >= 15 is 0 Å². The summed E-state index contributed by atoms with van der Waals surface area (Å²) in [6.07, 6.45) is -0.686. The molecule has 0 heterocycles. The average Bonchev–Trinajstić information content (AvgIpc) is 2.55. The maximum atomic E-state index is 12.0. The molecule has 22 heavy (non-hydrogen) atoms. The molecule has 0 fully saturated rings. The van der Waals surface area contributed by atoms with Gasteiger partial charge in [-0.05, 0) is 30.7 Å². The fraction of sp³-hybridized carbons (Fsp3) is 0.176. The van der Waals surface area contributed by atoms with Gasteiger partial charge in [-0.3, -0.25) is 4.79 Å². The summed E-state index contributed by atoms with van der Waals surface area (Å²) in [6, 6.07) is 16.3. The summed E-state index contributed by atoms with van der Waals surface area (Å²) in [5.74, 6) is 0.146. The van der Waals surface area contributed by atoms with Crippen molar-refractivity contribution in [3.8, 4) is 11.8 Å². The summed E-state index contributed by atoms with van der Waals surface area (Å²) in [5.41, 5.74) is 1.46. The second-order valence-electron chi connectivity index (χ2n) is 4.72. The molecule has 0 aliphatic heterocycles. The lowest BCUT2D eigenvalue weighted by Crippen LogP contribution is -2.35. The lowest BCUT2D eigenvalue weighted by molar-refractivity contribution is -0.127. The number of ether oxygens (including phenoxy) is 1. The fourth-order valence-corrected chi connectivity index (χ4v) is 2.06. The van der Waals surface area contributed by atoms with E-state index in [1.165, 1.54) is 6.07 Å². The summed E-state index contributed by atoms with van der Waals surface area (Å²) < 4.78 is 5.54. The van der Waals surface area contributed by atoms with Gasteiger partial charge < -0.3 is 10.1 Å². The molecule has 0 aliphatic carbocycles. The van der Waals surface area contributed by atoms with Crippen LogP contribution in [0, 0.1) is 11.3 Å². The lowest BCUT2D eigenvalue weighted by Gasteiger charge is -2.15. The van der Waals surface area contributed by atoms with Gasteiger partial charge in [-0.2, -0.15) is 5.26 Å². The number of nitriles is 1. The van der Waals surface area contributed by atoms with Crippen molar-refractivity contribution in [3.05, 3.63) is 64.7 Å². The zero-order chi connectivity index (χ0) is 15.9. The quantitative estimate of drug-likeness (QED) is 0.921. The molecule has 2 rings (SSSR count). The number of nitrogens with one attached hydrogen (secondary N) is 1. The molecular weight excluding hydrogens is 300 g/mol. The van der Waals surface area contributed by atoms with Crippen LogP contribution in [0.3, 0.4) is 0 Å². The Morgan fingerprint density at radius 1 is 1.32 bits per heavy atom. The van der Waals surface area contributed by atoms with Crippen molar-refractivity contribution in [3.63, 3.8) is 0 Å². The van der Waals surface area contributed by atoms with Crippen LogP contribution in [0.4, 0.5) is 0 Å². The summed E-state index contributed by atoms with van der Waals surface area (Å²) in [5, 5.41) is 11.9. The van der Waals surface area contributed by atoms with Crippen molar-refractivity contribution in [1.29, 1.82) is 5.26 Å². The molecule has 0 radical (unpaired) electrons. The third-order valence-corrected chi connectivity index (χ3v) is 3.34. The first-order valence-electron chi connectivity index (χ1n) is 6.78. The number of hydrogen-bond donors (Lipinski definition) is 1. The van der Waals surface area contributed by atoms with Crippen LogP contribution >= 0.6 is 11.6 Å². The Balaban J connectivity index is 1.93. The molecular formula is C17H15ClN2O2. The van der Waals surface area contributed by atoms with Gasteiger partial charge in [-0.15, -0.1) is 0 Å². The van der Waals surface area contributed by atoms with E-state index in [0.717, 1.165) is 5.56 Å². The number of hydrogen-bond acceptors (Lipinski definition) is 3. The van der Waals surface area contributed by atoms with Crippen molar-refractivity contribution in [2.45, 2.75) is 19.6 Å². The van der Waals surface area contributed by atoms with E-state index in [1.807, 2.05) is 36.4 Å². The molecule has 0 aliphatic rings. The van der Waals surface area contributed by atoms with Crippen LogP contribution in [0.1, 0.15) is 18.1 Å². The predicted molar refractivity (Wildman–Crippen MR) is 84.5 cm³/mol. The highest BCUT2D eigenvalue weighted by Crippen LogP contribution is 2.26. The van der Waals surface area contributed by atoms with Gasteiger partial charge in [-0.25, -0.2) is 0 Å². The zero-order valence-electron chi connectivity index (χ0n) is 12.0. The van der Waals surface area contributed by atoms with Gasteiger partial charge in [0.05, 0.1) is 16.7 Å². The van der Waals surface area contributed by atoms with Crippen LogP contribution in [0.25, 0.3) is 0 Å². The minimum Gasteiger partial charge on any atom is -0.479 e. The number of halogens is 1. The van der Waals surface area contributed by atoms with Crippen LogP contribution < -0.4 is 10.1 Å². The predicted octanol–water partition coefficient (Wildman–Crippen LogP) is 3.30. The van der Waals surface area contributed by atoms with Gasteiger partial charge in [0.25, 0.3) is 5.91 Å². The molecule has 2 aromatic carbocycles. The number of rotatable bonds is 5. The Kier molecular flexibility index (Phi) is 5.40. The first kappa shape index (κ1) is 15.9. The third-order valence-electron chi connectivity index (χ3n) is 3.04. The molecule has 1 atom stereocenters. The zero-order valence-corrected chi connectivity index (χ0v) is 12.8. The first-order chi connectivity index (χ1) is 10.6. The smallest absolute Gasteiger partial charge is 0.261 e. The maximum Gasteiger partial charge on any atom is 0.261 e. The Bertz CT molecular complexity index is 696. The molecule has 4 nitrogen and oxygen atoms in total. The molecule has 5 heteroatoms. The SMILES string of the molecule is C[C@H](Oc1ccc(C#N)cc1Cl)C(=O)NCc1ccccc1. The van der Waals surface area contributed by atoms with E-state index in [9.17, 15) is 4.79 Å². The van der Waals surface area contributed by atoms with Crippen molar-refractivity contribution >= 4 is 17.5 Å². The fourth-order valence-electron chi connectivity index (χ4n) is 1.84. The van der Waals surface area contributed by atoms with E-state index < -0.39 is 6.10 Å². The normalized spacial score (nSPS) is 11.3. The lowest BCUT2D eigenvalue weighted by atomic mass is 10.2. The van der Waals surface area contributed by atoms with Gasteiger partial charge in [0.2, 0.25) is 0 Å². The van der Waals surface area contributed by atoms with Crippen LogP contribution in [-0.4, -0.2) is 12.0 Å². The van der Waals surface area contributed by atoms with Crippen LogP contribution in [0.15, 0.2) is 48.5 Å². The van der Waals surface area contributed by atoms with Crippen molar-refractivity contribution in [2.75, 3.05) is 0 Å². The molecule has 0 spiro atoms. The van der Waals surface area contributed by atoms with Gasteiger partial charge in [0.1, 0.15) is 5.75 Å². The minimum atomic E-state index is -0.686. The Hall–Kier alpha value is -2.51. The van der Waals surface area contributed by atoms with Crippen molar-refractivity contribution < 1.29 is 9.53 Å². The Morgan fingerprint density at radius 3 is 2.68 bits per heavy atom. The standard InChI is InChI=1S/C17H15ClN2O2/c1-12(17(21)20-11-13-5-3-2-4-6-13)22-16-8-7-14(10-19)9-15(16)18/h2-9,12H,11H2,1H3,(H,20,21)/t12-/m0/s1. The molecule has 1 N–H and O–H groups in total. The molecule has 1 amide bonds. The highest BCUT2D eigenvalue weighted by molar-refractivity contribution is 6.32. The highest BCUT2D eigenvalue weighted by Gasteiger charge is 2.16. The summed E-state index contributed by atoms with van der Waals surface area (Å²) in [7, 11) is 0. The third kappa shape index (κ3) is 4.24. The van der Waals surface area contributed by atoms with Gasteiger partial charge in [0.15, 0.2) is 6.10 Å². The van der Waals surface area contributed by atoms with Crippen LogP contribution in [0.2, 0.25) is 5.02 Å². The minimum absolute atomic E-state index is 0.232. The Morgan fingerprint density at radius 2 is 2.05 bits per heavy atom. The summed E-state index contributed by atoms with van der Waals surface area (Å²) in [4.78, 5) is 12.0. The summed E-state index contributed by atoms with van der Waals surface area (Å²) >= 11 is 6.02. The molecule has 0 saturated carbocycles. The van der Waals surface area contributed by atoms with Crippen LogP contribution in [0.5, 0.6) is 5.75 Å². The monoisotopic (exact) mass is 314 g/mol. The topological polar surface area (TPSA) is 62.1 Å². The largest absolute Gasteiger partial charge is 0.479 e. The van der Waals surface area contributed by atoms with E-state index in [4.69, 9.17) is 21.6 Å². The second kappa shape index (κ2) is 7.48. The van der Waals surface area contributed by atoms with Gasteiger partial charge in [0, 0.05) is 6.54 Å².